The van der Waals surface area contributed by atoms with E-state index in [-0.39, 0.29) is 61.9 Å². The fourth-order valence-electron chi connectivity index (χ4n) is 4.82. The fourth-order valence-corrected chi connectivity index (χ4v) is 4.82. The molecule has 4 heterocycles. The van der Waals surface area contributed by atoms with E-state index >= 15 is 0 Å². The van der Waals surface area contributed by atoms with Crippen molar-refractivity contribution in [2.24, 2.45) is 5.73 Å². The molecular formula is C25H28Cl2F4N6O. The number of nitrogens with two attached hydrogens (primary N) is 1. The minimum absolute atomic E-state index is 0. The van der Waals surface area contributed by atoms with Crippen molar-refractivity contribution in [3.8, 4) is 11.5 Å². The van der Waals surface area contributed by atoms with E-state index in [4.69, 9.17) is 5.73 Å². The molecule has 3 N–H and O–H groups in total. The van der Waals surface area contributed by atoms with E-state index in [0.29, 0.717) is 34.2 Å². The lowest BCUT2D eigenvalue weighted by atomic mass is 9.84. The molecule has 1 aliphatic heterocycles. The Labute approximate surface area is 228 Å². The number of pyridine rings is 2. The summed E-state index contributed by atoms with van der Waals surface area (Å²) in [5.41, 5.74) is 6.87. The zero-order valence-corrected chi connectivity index (χ0v) is 22.2. The molecule has 1 aliphatic rings. The lowest BCUT2D eigenvalue weighted by molar-refractivity contribution is -0.183. The number of rotatable bonds is 5. The van der Waals surface area contributed by atoms with Gasteiger partial charge in [0, 0.05) is 36.1 Å². The van der Waals surface area contributed by atoms with E-state index in [2.05, 4.69) is 15.2 Å². The van der Waals surface area contributed by atoms with Crippen molar-refractivity contribution in [3.05, 3.63) is 59.5 Å². The molecule has 38 heavy (non-hydrogen) atoms. The van der Waals surface area contributed by atoms with Crippen LogP contribution in [0.5, 0.6) is 0 Å². The zero-order chi connectivity index (χ0) is 25.8. The molecule has 13 heteroatoms. The summed E-state index contributed by atoms with van der Waals surface area (Å²) < 4.78 is 58.2. The second kappa shape index (κ2) is 10.9. The van der Waals surface area contributed by atoms with E-state index in [1.54, 1.807) is 26.0 Å². The van der Waals surface area contributed by atoms with Crippen LogP contribution >= 0.6 is 24.8 Å². The first kappa shape index (κ1) is 30.0. The van der Waals surface area contributed by atoms with Crippen molar-refractivity contribution >= 4 is 41.4 Å². The first-order valence-corrected chi connectivity index (χ1v) is 11.6. The van der Waals surface area contributed by atoms with Crippen LogP contribution in [0.3, 0.4) is 0 Å². The van der Waals surface area contributed by atoms with Gasteiger partial charge in [0.1, 0.15) is 17.6 Å². The molecule has 3 aromatic heterocycles. The maximum atomic E-state index is 14.3. The Morgan fingerprint density at radius 2 is 1.84 bits per heavy atom. The Morgan fingerprint density at radius 1 is 1.11 bits per heavy atom. The number of aliphatic hydroxyl groups excluding tert-OH is 1. The topological polar surface area (TPSA) is 92.6 Å². The van der Waals surface area contributed by atoms with Crippen LogP contribution in [0.2, 0.25) is 0 Å². The van der Waals surface area contributed by atoms with Gasteiger partial charge in [-0.2, -0.15) is 13.2 Å². The number of aromatic nitrogens is 4. The molecule has 1 saturated heterocycles. The molecule has 2 atom stereocenters. The Balaban J connectivity index is 0.00000200. The van der Waals surface area contributed by atoms with Gasteiger partial charge in [-0.3, -0.25) is 9.30 Å². The minimum Gasteiger partial charge on any atom is -0.395 e. The number of alkyl halides is 3. The fraction of sp³-hybridized carbons (Fsp3) is 0.400. The third kappa shape index (κ3) is 5.43. The van der Waals surface area contributed by atoms with Crippen LogP contribution in [0.1, 0.15) is 37.4 Å². The standard InChI is InChI=1S/C25H26F4N6O.2ClH/c1-24(2,13-36)18-10-16(26)9-14-3-5-19(31-21(14)18)23-33-32-20-6-4-15(11-35(20)23)22(25(27,28)29)34-8-7-17(30)12-34;;/h3-6,9-11,17,22,36H,7-8,12-13,30H2,1-2H3;2*1H/t17?,22-;;/m1../s1. The van der Waals surface area contributed by atoms with Gasteiger partial charge in [0.05, 0.1) is 12.1 Å². The highest BCUT2D eigenvalue weighted by Crippen LogP contribution is 2.39. The van der Waals surface area contributed by atoms with Crippen molar-refractivity contribution in [1.29, 1.82) is 0 Å². The van der Waals surface area contributed by atoms with E-state index in [9.17, 15) is 22.7 Å². The molecule has 0 bridgehead atoms. The van der Waals surface area contributed by atoms with Crippen LogP contribution in [0, 0.1) is 5.82 Å². The van der Waals surface area contributed by atoms with Crippen molar-refractivity contribution in [2.45, 2.75) is 43.9 Å². The normalized spacial score (nSPS) is 17.4. The predicted octanol–water partition coefficient (Wildman–Crippen LogP) is 4.83. The number of benzene rings is 1. The minimum atomic E-state index is -4.50. The average Bonchev–Trinajstić information content (AvgIpc) is 3.43. The molecule has 1 unspecified atom stereocenters. The van der Waals surface area contributed by atoms with Gasteiger partial charge < -0.3 is 10.8 Å². The lowest BCUT2D eigenvalue weighted by Crippen LogP contribution is -2.38. The highest BCUT2D eigenvalue weighted by molar-refractivity contribution is 5.86. The number of nitrogens with zero attached hydrogens (tertiary/aromatic N) is 5. The summed E-state index contributed by atoms with van der Waals surface area (Å²) in [6.45, 7) is 3.73. The third-order valence-corrected chi connectivity index (χ3v) is 6.78. The van der Waals surface area contributed by atoms with Gasteiger partial charge in [-0.15, -0.1) is 35.0 Å². The molecule has 0 spiro atoms. The van der Waals surface area contributed by atoms with Crippen molar-refractivity contribution in [3.63, 3.8) is 0 Å². The highest BCUT2D eigenvalue weighted by atomic mass is 35.5. The van der Waals surface area contributed by atoms with Gasteiger partial charge in [-0.1, -0.05) is 26.0 Å². The molecule has 5 rings (SSSR count). The Morgan fingerprint density at radius 3 is 2.47 bits per heavy atom. The molecule has 0 aliphatic carbocycles. The number of aliphatic hydroxyl groups is 1. The summed E-state index contributed by atoms with van der Waals surface area (Å²) in [7, 11) is 0. The van der Waals surface area contributed by atoms with E-state index < -0.39 is 23.5 Å². The van der Waals surface area contributed by atoms with Crippen LogP contribution in [0.15, 0.2) is 42.6 Å². The summed E-state index contributed by atoms with van der Waals surface area (Å²) in [5, 5.41) is 18.7. The zero-order valence-electron chi connectivity index (χ0n) is 20.6. The summed E-state index contributed by atoms with van der Waals surface area (Å²) in [6, 6.07) is 6.78. The monoisotopic (exact) mass is 574 g/mol. The second-order valence-corrected chi connectivity index (χ2v) is 9.97. The molecule has 0 radical (unpaired) electrons. The summed E-state index contributed by atoms with van der Waals surface area (Å²) >= 11 is 0. The number of hydrogen-bond acceptors (Lipinski definition) is 6. The van der Waals surface area contributed by atoms with Crippen LogP contribution in [0.4, 0.5) is 17.6 Å². The molecule has 1 aromatic carbocycles. The van der Waals surface area contributed by atoms with Gasteiger partial charge in [-0.05, 0) is 41.8 Å². The first-order chi connectivity index (χ1) is 17.0. The lowest BCUT2D eigenvalue weighted by Gasteiger charge is -2.30. The van der Waals surface area contributed by atoms with Crippen LogP contribution in [-0.4, -0.2) is 61.5 Å². The average molecular weight is 575 g/mol. The molecule has 0 saturated carbocycles. The predicted molar refractivity (Wildman–Crippen MR) is 141 cm³/mol. The van der Waals surface area contributed by atoms with E-state index in [1.165, 1.54) is 39.8 Å². The van der Waals surface area contributed by atoms with Crippen molar-refractivity contribution < 1.29 is 22.7 Å². The van der Waals surface area contributed by atoms with Crippen molar-refractivity contribution in [2.75, 3.05) is 19.7 Å². The van der Waals surface area contributed by atoms with E-state index in [0.717, 1.165) is 0 Å². The Bertz CT molecular complexity index is 1440. The molecule has 0 amide bonds. The Kier molecular flexibility index (Phi) is 8.59. The van der Waals surface area contributed by atoms with Crippen LogP contribution < -0.4 is 5.73 Å². The third-order valence-electron chi connectivity index (χ3n) is 6.78. The largest absolute Gasteiger partial charge is 0.408 e. The first-order valence-electron chi connectivity index (χ1n) is 11.6. The summed E-state index contributed by atoms with van der Waals surface area (Å²) in [5.74, 6) is -0.198. The smallest absolute Gasteiger partial charge is 0.395 e. The van der Waals surface area contributed by atoms with Gasteiger partial charge in [0.25, 0.3) is 0 Å². The van der Waals surface area contributed by atoms with Crippen LogP contribution in [-0.2, 0) is 5.41 Å². The second-order valence-electron chi connectivity index (χ2n) is 9.97. The van der Waals surface area contributed by atoms with Crippen LogP contribution in [0.25, 0.3) is 28.1 Å². The van der Waals surface area contributed by atoms with Crippen molar-refractivity contribution in [1.82, 2.24) is 24.5 Å². The van der Waals surface area contributed by atoms with Gasteiger partial charge in [0.15, 0.2) is 11.5 Å². The SMILES string of the molecule is CC(C)(CO)c1cc(F)cc2ccc(-c3nnc4ccc([C@@H](N5CCC(N)C5)C(F)(F)F)cn34)nc12.Cl.Cl. The van der Waals surface area contributed by atoms with Gasteiger partial charge >= 0.3 is 6.18 Å². The van der Waals surface area contributed by atoms with E-state index in [1.807, 2.05) is 0 Å². The molecule has 7 nitrogen and oxygen atoms in total. The molecular weight excluding hydrogens is 547 g/mol. The van der Waals surface area contributed by atoms with Gasteiger partial charge in [0.2, 0.25) is 0 Å². The number of hydrogen-bond donors (Lipinski definition) is 2. The molecule has 4 aromatic rings. The number of halogens is 6. The van der Waals surface area contributed by atoms with Gasteiger partial charge in [-0.25, -0.2) is 9.37 Å². The maximum absolute atomic E-state index is 14.3. The summed E-state index contributed by atoms with van der Waals surface area (Å²) in [6.07, 6.45) is -2.61. The maximum Gasteiger partial charge on any atom is 0.408 e. The highest BCUT2D eigenvalue weighted by Gasteiger charge is 2.46. The molecule has 206 valence electrons. The number of fused-ring (bicyclic) bond motifs is 2. The number of likely N-dealkylation sites (tertiary alicyclic amines) is 1. The Hall–Kier alpha value is -2.57. The molecule has 1 fully saturated rings. The quantitative estimate of drug-likeness (QED) is 0.331. The summed E-state index contributed by atoms with van der Waals surface area (Å²) in [4.78, 5) is 6.03.